The Balaban J connectivity index is 2.14. The van der Waals surface area contributed by atoms with E-state index in [0.29, 0.717) is 19.0 Å². The highest BCUT2D eigenvalue weighted by Gasteiger charge is 2.39. The number of likely N-dealkylation sites (tertiary alicyclic amines) is 1. The molecule has 0 aromatic heterocycles. The van der Waals surface area contributed by atoms with Gasteiger partial charge >= 0.3 is 0 Å². The molecule has 1 aliphatic heterocycles. The lowest BCUT2D eigenvalue weighted by Gasteiger charge is -2.22. The maximum Gasteiger partial charge on any atom is 0.256 e. The molecule has 126 valence electrons. The number of primary amides is 1. The van der Waals surface area contributed by atoms with E-state index >= 15 is 0 Å². The van der Waals surface area contributed by atoms with Crippen molar-refractivity contribution < 1.29 is 23.5 Å². The van der Waals surface area contributed by atoms with Crippen LogP contribution < -0.4 is 10.5 Å². The van der Waals surface area contributed by atoms with Crippen molar-refractivity contribution in [1.82, 2.24) is 4.90 Å². The molecule has 6 nitrogen and oxygen atoms in total. The summed E-state index contributed by atoms with van der Waals surface area (Å²) in [5, 5.41) is 0.162. The molecule has 0 radical (unpaired) electrons. The average Bonchev–Trinajstić information content (AvgIpc) is 2.89. The fourth-order valence-corrected chi connectivity index (χ4v) is 2.69. The fourth-order valence-electron chi connectivity index (χ4n) is 2.44. The van der Waals surface area contributed by atoms with E-state index in [1.165, 1.54) is 12.1 Å². The number of halogens is 2. The van der Waals surface area contributed by atoms with Gasteiger partial charge in [0.1, 0.15) is 24.6 Å². The van der Waals surface area contributed by atoms with E-state index in [9.17, 15) is 14.0 Å². The number of hydrogen-bond donors (Lipinski definition) is 1. The smallest absolute Gasteiger partial charge is 0.256 e. The van der Waals surface area contributed by atoms with Crippen LogP contribution in [0, 0.1) is 0 Å². The Morgan fingerprint density at radius 2 is 2.17 bits per heavy atom. The minimum atomic E-state index is -1.27. The van der Waals surface area contributed by atoms with Crippen LogP contribution in [-0.2, 0) is 9.53 Å². The van der Waals surface area contributed by atoms with Crippen molar-refractivity contribution in [2.24, 2.45) is 5.73 Å². The molecule has 0 saturated carbocycles. The summed E-state index contributed by atoms with van der Waals surface area (Å²) in [5.74, 6) is -0.767. The first-order valence-electron chi connectivity index (χ1n) is 7.09. The van der Waals surface area contributed by atoms with E-state index in [0.717, 1.165) is 4.90 Å². The summed E-state index contributed by atoms with van der Waals surface area (Å²) in [6.45, 7) is 0.596. The minimum Gasteiger partial charge on any atom is -0.491 e. The molecule has 1 fully saturated rings. The van der Waals surface area contributed by atoms with Crippen LogP contribution in [0.15, 0.2) is 18.2 Å². The molecule has 1 heterocycles. The summed E-state index contributed by atoms with van der Waals surface area (Å²) < 4.78 is 23.8. The number of hydrogen-bond acceptors (Lipinski definition) is 4. The molecule has 1 aliphatic rings. The Kier molecular flexibility index (Phi) is 5.79. The summed E-state index contributed by atoms with van der Waals surface area (Å²) in [5.41, 5.74) is 5.40. The molecule has 0 aliphatic carbocycles. The van der Waals surface area contributed by atoms with Crippen LogP contribution >= 0.6 is 11.6 Å². The lowest BCUT2D eigenvalue weighted by atomic mass is 10.1. The molecular formula is C15H18ClFN2O4. The molecule has 1 aromatic carbocycles. The van der Waals surface area contributed by atoms with Crippen LogP contribution in [-0.4, -0.2) is 55.8 Å². The number of alkyl halides is 1. The van der Waals surface area contributed by atoms with Gasteiger partial charge in [-0.2, -0.15) is 0 Å². The van der Waals surface area contributed by atoms with Gasteiger partial charge in [0.2, 0.25) is 5.91 Å². The third-order valence-electron chi connectivity index (χ3n) is 3.57. The van der Waals surface area contributed by atoms with Crippen molar-refractivity contribution in [3.8, 4) is 5.75 Å². The maximum absolute atomic E-state index is 13.5. The molecule has 23 heavy (non-hydrogen) atoms. The molecule has 1 saturated heterocycles. The first-order chi connectivity index (χ1) is 10.9. The standard InChI is InChI=1S/C15H18ClFN2O4/c1-22-4-5-23-10-2-3-11(12(16)7-10)15(21)19-8-9(17)6-13(19)14(18)20/h2-3,7,9,13H,4-6,8H2,1H3,(H2,18,20)/t9-,13+/m1/s1. The van der Waals surface area contributed by atoms with Crippen molar-refractivity contribution in [3.05, 3.63) is 28.8 Å². The second-order valence-corrected chi connectivity index (χ2v) is 5.60. The van der Waals surface area contributed by atoms with Crippen molar-refractivity contribution in [1.29, 1.82) is 0 Å². The molecule has 0 unspecified atom stereocenters. The monoisotopic (exact) mass is 344 g/mol. The highest BCUT2D eigenvalue weighted by molar-refractivity contribution is 6.34. The zero-order valence-electron chi connectivity index (χ0n) is 12.6. The van der Waals surface area contributed by atoms with Gasteiger partial charge in [-0.3, -0.25) is 9.59 Å². The van der Waals surface area contributed by atoms with Gasteiger partial charge in [0.15, 0.2) is 0 Å². The molecule has 2 atom stereocenters. The summed E-state index contributed by atoms with van der Waals surface area (Å²) >= 11 is 6.11. The first-order valence-corrected chi connectivity index (χ1v) is 7.47. The maximum atomic E-state index is 13.5. The second kappa shape index (κ2) is 7.61. The van der Waals surface area contributed by atoms with Crippen LogP contribution in [0.4, 0.5) is 4.39 Å². The number of rotatable bonds is 6. The highest BCUT2D eigenvalue weighted by Crippen LogP contribution is 2.28. The molecule has 2 rings (SSSR count). The van der Waals surface area contributed by atoms with Crippen molar-refractivity contribution >= 4 is 23.4 Å². The largest absolute Gasteiger partial charge is 0.491 e. The summed E-state index contributed by atoms with van der Waals surface area (Å²) in [7, 11) is 1.56. The van der Waals surface area contributed by atoms with Crippen molar-refractivity contribution in [2.45, 2.75) is 18.6 Å². The summed E-state index contributed by atoms with van der Waals surface area (Å²) in [6, 6.07) is 3.60. The lowest BCUT2D eigenvalue weighted by molar-refractivity contribution is -0.121. The molecule has 2 amide bonds. The average molecular weight is 345 g/mol. The van der Waals surface area contributed by atoms with Crippen molar-refractivity contribution in [2.75, 3.05) is 26.9 Å². The van der Waals surface area contributed by atoms with E-state index in [-0.39, 0.29) is 23.6 Å². The quantitative estimate of drug-likeness (QED) is 0.791. The van der Waals surface area contributed by atoms with Crippen LogP contribution in [0.2, 0.25) is 5.02 Å². The molecule has 2 N–H and O–H groups in total. The van der Waals surface area contributed by atoms with Crippen molar-refractivity contribution in [3.63, 3.8) is 0 Å². The summed E-state index contributed by atoms with van der Waals surface area (Å²) in [4.78, 5) is 25.0. The molecule has 0 spiro atoms. The number of carbonyl (C=O) groups excluding carboxylic acids is 2. The van der Waals surface area contributed by atoms with E-state index in [1.807, 2.05) is 0 Å². The van der Waals surface area contributed by atoms with Crippen LogP contribution in [0.5, 0.6) is 5.75 Å². The highest BCUT2D eigenvalue weighted by atomic mass is 35.5. The lowest BCUT2D eigenvalue weighted by Crippen LogP contribution is -2.43. The first kappa shape index (κ1) is 17.5. The zero-order valence-corrected chi connectivity index (χ0v) is 13.4. The fraction of sp³-hybridized carbons (Fsp3) is 0.467. The summed E-state index contributed by atoms with van der Waals surface area (Å²) in [6.07, 6.45) is -1.36. The Morgan fingerprint density at radius 1 is 1.43 bits per heavy atom. The SMILES string of the molecule is COCCOc1ccc(C(=O)N2C[C@H](F)C[C@H]2C(N)=O)c(Cl)c1. The van der Waals surface area contributed by atoms with Gasteiger partial charge in [0.25, 0.3) is 5.91 Å². The number of carbonyl (C=O) groups is 2. The molecule has 0 bridgehead atoms. The molecule has 1 aromatic rings. The van der Waals surface area contributed by atoms with Gasteiger partial charge in [-0.25, -0.2) is 4.39 Å². The van der Waals surface area contributed by atoms with Crippen LogP contribution in [0.3, 0.4) is 0 Å². The number of ether oxygens (including phenoxy) is 2. The van der Waals surface area contributed by atoms with Gasteiger partial charge in [-0.1, -0.05) is 11.6 Å². The third-order valence-corrected chi connectivity index (χ3v) is 3.88. The minimum absolute atomic E-state index is 0.0864. The third kappa shape index (κ3) is 4.11. The Morgan fingerprint density at radius 3 is 2.78 bits per heavy atom. The van der Waals surface area contributed by atoms with E-state index in [2.05, 4.69) is 0 Å². The van der Waals surface area contributed by atoms with Crippen LogP contribution in [0.25, 0.3) is 0 Å². The van der Waals surface area contributed by atoms with Crippen LogP contribution in [0.1, 0.15) is 16.8 Å². The van der Waals surface area contributed by atoms with Gasteiger partial charge in [0.05, 0.1) is 23.7 Å². The number of amides is 2. The van der Waals surface area contributed by atoms with Gasteiger partial charge in [0, 0.05) is 13.5 Å². The van der Waals surface area contributed by atoms with Gasteiger partial charge in [-0.05, 0) is 18.2 Å². The van der Waals surface area contributed by atoms with E-state index in [1.54, 1.807) is 13.2 Å². The van der Waals surface area contributed by atoms with E-state index < -0.39 is 24.0 Å². The molecule has 8 heteroatoms. The molecular weight excluding hydrogens is 327 g/mol. The van der Waals surface area contributed by atoms with Gasteiger partial charge < -0.3 is 20.1 Å². The number of benzene rings is 1. The predicted molar refractivity (Wildman–Crippen MR) is 82.4 cm³/mol. The Bertz CT molecular complexity index is 599. The zero-order chi connectivity index (χ0) is 17.0. The van der Waals surface area contributed by atoms with E-state index in [4.69, 9.17) is 26.8 Å². The Labute approximate surface area is 138 Å². The van der Waals surface area contributed by atoms with Gasteiger partial charge in [-0.15, -0.1) is 0 Å². The topological polar surface area (TPSA) is 81.9 Å². The number of methoxy groups -OCH3 is 1. The predicted octanol–water partition coefficient (Wildman–Crippen LogP) is 1.40. The number of nitrogens with zero attached hydrogens (tertiary/aromatic N) is 1. The normalized spacial score (nSPS) is 20.6. The number of nitrogens with two attached hydrogens (primary N) is 1. The second-order valence-electron chi connectivity index (χ2n) is 5.19. The Hall–Kier alpha value is -1.86.